The van der Waals surface area contributed by atoms with Gasteiger partial charge in [-0.15, -0.1) is 0 Å². The van der Waals surface area contributed by atoms with Crippen LogP contribution in [0.5, 0.6) is 0 Å². The van der Waals surface area contributed by atoms with Gasteiger partial charge < -0.3 is 9.84 Å². The molecule has 3 heterocycles. The number of aromatic nitrogens is 2. The number of nitrogens with zero attached hydrogens (tertiary/aromatic N) is 4. The van der Waals surface area contributed by atoms with Crippen LogP contribution in [0.1, 0.15) is 49.6 Å². The van der Waals surface area contributed by atoms with E-state index in [4.69, 9.17) is 16.1 Å². The summed E-state index contributed by atoms with van der Waals surface area (Å²) in [6, 6.07) is 16.1. The minimum atomic E-state index is 0.0407. The van der Waals surface area contributed by atoms with Crippen LogP contribution in [0, 0.1) is 11.8 Å². The van der Waals surface area contributed by atoms with Crippen LogP contribution in [-0.4, -0.2) is 52.0 Å². The highest BCUT2D eigenvalue weighted by molar-refractivity contribution is 6.30. The van der Waals surface area contributed by atoms with Crippen LogP contribution in [0.4, 0.5) is 0 Å². The van der Waals surface area contributed by atoms with Crippen molar-refractivity contribution in [3.05, 3.63) is 70.6 Å². The fourth-order valence-electron chi connectivity index (χ4n) is 5.47. The number of hydrogen-bond donors (Lipinski definition) is 1. The molecule has 0 aliphatic carbocycles. The molecule has 1 N–H and O–H groups in total. The van der Waals surface area contributed by atoms with Crippen molar-refractivity contribution >= 4 is 17.5 Å². The van der Waals surface area contributed by atoms with Crippen molar-refractivity contribution in [2.75, 3.05) is 26.2 Å². The summed E-state index contributed by atoms with van der Waals surface area (Å²) in [6.07, 6.45) is 4.28. The average molecular weight is 522 g/mol. The third-order valence-electron chi connectivity index (χ3n) is 7.47. The Morgan fingerprint density at radius 1 is 1.03 bits per heavy atom. The Morgan fingerprint density at radius 3 is 2.65 bits per heavy atom. The SMILES string of the molecule is CC1CCCN(Cc2cccc(CNC(=O)C3CCN(Cc4nc(-c5cccc(Cl)c5)no4)CC3)c2)C1. The lowest BCUT2D eigenvalue weighted by Gasteiger charge is -2.31. The maximum absolute atomic E-state index is 12.9. The molecule has 0 saturated carbocycles. The monoisotopic (exact) mass is 521 g/mol. The predicted octanol–water partition coefficient (Wildman–Crippen LogP) is 5.15. The zero-order valence-corrected chi connectivity index (χ0v) is 22.3. The molecule has 7 nitrogen and oxygen atoms in total. The number of hydrogen-bond acceptors (Lipinski definition) is 6. The maximum atomic E-state index is 12.9. The number of likely N-dealkylation sites (tertiary alicyclic amines) is 2. The first-order chi connectivity index (χ1) is 18.0. The largest absolute Gasteiger partial charge is 0.352 e. The Hall–Kier alpha value is -2.74. The zero-order chi connectivity index (χ0) is 25.6. The quantitative estimate of drug-likeness (QED) is 0.442. The van der Waals surface area contributed by atoms with Crippen molar-refractivity contribution in [1.82, 2.24) is 25.3 Å². The molecular weight excluding hydrogens is 486 g/mol. The highest BCUT2D eigenvalue weighted by Gasteiger charge is 2.26. The number of carbonyl (C=O) groups is 1. The maximum Gasteiger partial charge on any atom is 0.241 e. The summed E-state index contributed by atoms with van der Waals surface area (Å²) in [5.41, 5.74) is 3.33. The number of carbonyl (C=O) groups excluding carboxylic acids is 1. The van der Waals surface area contributed by atoms with Crippen molar-refractivity contribution < 1.29 is 9.32 Å². The highest BCUT2D eigenvalue weighted by Crippen LogP contribution is 2.23. The second-order valence-electron chi connectivity index (χ2n) is 10.6. The van der Waals surface area contributed by atoms with Gasteiger partial charge in [0.1, 0.15) is 0 Å². The van der Waals surface area contributed by atoms with Crippen molar-refractivity contribution in [2.24, 2.45) is 11.8 Å². The van der Waals surface area contributed by atoms with E-state index in [2.05, 4.69) is 56.4 Å². The van der Waals surface area contributed by atoms with Gasteiger partial charge in [0, 0.05) is 36.1 Å². The van der Waals surface area contributed by atoms with Crippen LogP contribution in [0.2, 0.25) is 5.02 Å². The first kappa shape index (κ1) is 25.9. The van der Waals surface area contributed by atoms with E-state index in [1.807, 2.05) is 24.3 Å². The van der Waals surface area contributed by atoms with Crippen molar-refractivity contribution in [1.29, 1.82) is 0 Å². The number of rotatable bonds is 8. The molecule has 196 valence electrons. The first-order valence-corrected chi connectivity index (χ1v) is 13.8. The molecule has 5 rings (SSSR count). The van der Waals surface area contributed by atoms with E-state index in [0.29, 0.717) is 29.8 Å². The lowest BCUT2D eigenvalue weighted by molar-refractivity contribution is -0.126. The molecule has 2 aliphatic heterocycles. The Bertz CT molecular complexity index is 1190. The number of piperidine rings is 2. The molecule has 37 heavy (non-hydrogen) atoms. The van der Waals surface area contributed by atoms with Gasteiger partial charge in [0.05, 0.1) is 6.54 Å². The van der Waals surface area contributed by atoms with Gasteiger partial charge in [-0.3, -0.25) is 14.6 Å². The predicted molar refractivity (Wildman–Crippen MR) is 145 cm³/mol. The normalized spacial score (nSPS) is 19.7. The van der Waals surface area contributed by atoms with E-state index < -0.39 is 0 Å². The van der Waals surface area contributed by atoms with E-state index in [-0.39, 0.29) is 11.8 Å². The minimum Gasteiger partial charge on any atom is -0.352 e. The van der Waals surface area contributed by atoms with E-state index in [0.717, 1.165) is 44.0 Å². The third kappa shape index (κ3) is 7.18. The summed E-state index contributed by atoms with van der Waals surface area (Å²) in [7, 11) is 0. The fraction of sp³-hybridized carbons (Fsp3) is 0.483. The molecule has 2 saturated heterocycles. The number of benzene rings is 2. The molecule has 1 aromatic heterocycles. The molecule has 0 radical (unpaired) electrons. The van der Waals surface area contributed by atoms with Crippen LogP contribution in [0.3, 0.4) is 0 Å². The van der Waals surface area contributed by atoms with Crippen LogP contribution >= 0.6 is 11.6 Å². The van der Waals surface area contributed by atoms with Crippen molar-refractivity contribution in [3.8, 4) is 11.4 Å². The van der Waals surface area contributed by atoms with Gasteiger partial charge in [0.2, 0.25) is 17.6 Å². The lowest BCUT2D eigenvalue weighted by atomic mass is 9.95. The first-order valence-electron chi connectivity index (χ1n) is 13.4. The number of nitrogens with one attached hydrogen (secondary N) is 1. The molecular formula is C29H36ClN5O2. The van der Waals surface area contributed by atoms with Crippen LogP contribution in [-0.2, 0) is 24.4 Å². The molecule has 0 bridgehead atoms. The standard InChI is InChI=1S/C29H36ClN5O2/c1-21-5-4-12-35(18-21)19-23-7-2-6-22(15-23)17-31-29(36)24-10-13-34(14-11-24)20-27-32-28(33-37-27)25-8-3-9-26(30)16-25/h2-3,6-9,15-16,21,24H,4-5,10-14,17-20H2,1H3,(H,31,36). The second-order valence-corrected chi connectivity index (χ2v) is 11.0. The summed E-state index contributed by atoms with van der Waals surface area (Å²) in [4.78, 5) is 22.2. The van der Waals surface area contributed by atoms with Gasteiger partial charge in [0.15, 0.2) is 0 Å². The van der Waals surface area contributed by atoms with Gasteiger partial charge >= 0.3 is 0 Å². The van der Waals surface area contributed by atoms with E-state index in [1.54, 1.807) is 0 Å². The summed E-state index contributed by atoms with van der Waals surface area (Å²) in [6.45, 7) is 8.52. The minimum absolute atomic E-state index is 0.0407. The van der Waals surface area contributed by atoms with Crippen LogP contribution in [0.25, 0.3) is 11.4 Å². The molecule has 0 spiro atoms. The smallest absolute Gasteiger partial charge is 0.241 e. The molecule has 1 atom stereocenters. The molecule has 2 fully saturated rings. The Morgan fingerprint density at radius 2 is 1.84 bits per heavy atom. The molecule has 1 unspecified atom stereocenters. The number of amides is 1. The van der Waals surface area contributed by atoms with Gasteiger partial charge in [-0.1, -0.05) is 60.1 Å². The van der Waals surface area contributed by atoms with Gasteiger partial charge in [-0.05, 0) is 74.5 Å². The van der Waals surface area contributed by atoms with Crippen LogP contribution in [0.15, 0.2) is 53.1 Å². The summed E-state index contributed by atoms with van der Waals surface area (Å²) < 4.78 is 5.46. The van der Waals surface area contributed by atoms with Crippen molar-refractivity contribution in [3.63, 3.8) is 0 Å². The summed E-state index contributed by atoms with van der Waals surface area (Å²) in [5, 5.41) is 7.91. The summed E-state index contributed by atoms with van der Waals surface area (Å²) in [5.74, 6) is 2.09. The Kier molecular flexibility index (Phi) is 8.54. The fourth-order valence-corrected chi connectivity index (χ4v) is 5.66. The van der Waals surface area contributed by atoms with Gasteiger partial charge in [-0.25, -0.2) is 0 Å². The zero-order valence-electron chi connectivity index (χ0n) is 21.5. The topological polar surface area (TPSA) is 74.5 Å². The lowest BCUT2D eigenvalue weighted by Crippen LogP contribution is -2.40. The molecule has 1 amide bonds. The second kappa shape index (κ2) is 12.2. The highest BCUT2D eigenvalue weighted by atomic mass is 35.5. The molecule has 3 aromatic rings. The molecule has 2 aliphatic rings. The Labute approximate surface area is 224 Å². The van der Waals surface area contributed by atoms with E-state index >= 15 is 0 Å². The third-order valence-corrected chi connectivity index (χ3v) is 7.71. The van der Waals surface area contributed by atoms with Gasteiger partial charge in [-0.2, -0.15) is 4.98 Å². The van der Waals surface area contributed by atoms with E-state index in [9.17, 15) is 4.79 Å². The molecule has 8 heteroatoms. The van der Waals surface area contributed by atoms with Crippen molar-refractivity contribution in [2.45, 2.75) is 52.2 Å². The summed E-state index contributed by atoms with van der Waals surface area (Å²) >= 11 is 6.07. The number of halogens is 1. The van der Waals surface area contributed by atoms with E-state index in [1.165, 1.54) is 37.1 Å². The van der Waals surface area contributed by atoms with Crippen LogP contribution < -0.4 is 5.32 Å². The average Bonchev–Trinajstić information content (AvgIpc) is 3.36. The Balaban J connectivity index is 1.06. The molecule has 2 aromatic carbocycles. The van der Waals surface area contributed by atoms with Gasteiger partial charge in [0.25, 0.3) is 0 Å².